The van der Waals surface area contributed by atoms with Gasteiger partial charge in [0.15, 0.2) is 10.8 Å². The first-order valence-corrected chi connectivity index (χ1v) is 9.06. The second-order valence-corrected chi connectivity index (χ2v) is 6.84. The third-order valence-electron chi connectivity index (χ3n) is 3.75. The van der Waals surface area contributed by atoms with Gasteiger partial charge in [0.25, 0.3) is 5.56 Å². The van der Waals surface area contributed by atoms with E-state index in [1.165, 1.54) is 4.52 Å². The van der Waals surface area contributed by atoms with Gasteiger partial charge >= 0.3 is 11.4 Å². The van der Waals surface area contributed by atoms with Crippen molar-refractivity contribution < 1.29 is 0 Å². The van der Waals surface area contributed by atoms with E-state index in [1.54, 1.807) is 6.20 Å². The molecule has 3 heterocycles. The lowest BCUT2D eigenvalue weighted by Crippen LogP contribution is -2.24. The minimum Gasteiger partial charge on any atom is -0.309 e. The number of H-pyrrole nitrogens is 3. The maximum Gasteiger partial charge on any atom is 0.350 e. The van der Waals surface area contributed by atoms with Crippen LogP contribution in [0.15, 0.2) is 56.1 Å². The molecule has 136 valence electrons. The van der Waals surface area contributed by atoms with Crippen LogP contribution in [0.3, 0.4) is 0 Å². The number of halogens is 1. The molecule has 0 bridgehead atoms. The van der Waals surface area contributed by atoms with Crippen LogP contribution in [-0.4, -0.2) is 29.5 Å². The Bertz CT molecular complexity index is 1310. The van der Waals surface area contributed by atoms with Gasteiger partial charge in [0.1, 0.15) is 5.02 Å². The normalized spacial score (nSPS) is 11.1. The number of nitrogens with one attached hydrogen (secondary N) is 3. The fraction of sp³-hybridized carbons (Fsp3) is 0.0625. The summed E-state index contributed by atoms with van der Waals surface area (Å²) in [5.41, 5.74) is 0.464. The molecule has 0 radical (unpaired) electrons. The fourth-order valence-corrected chi connectivity index (χ4v) is 3.56. The van der Waals surface area contributed by atoms with Crippen molar-refractivity contribution in [2.24, 2.45) is 0 Å². The van der Waals surface area contributed by atoms with E-state index in [1.807, 2.05) is 35.3 Å². The number of rotatable bonds is 4. The van der Waals surface area contributed by atoms with Crippen molar-refractivity contribution in [1.29, 1.82) is 0 Å². The van der Waals surface area contributed by atoms with Gasteiger partial charge in [-0.25, -0.2) is 14.6 Å². The van der Waals surface area contributed by atoms with Gasteiger partial charge in [-0.3, -0.25) is 14.8 Å². The van der Waals surface area contributed by atoms with Crippen LogP contribution >= 0.6 is 23.4 Å². The Labute approximate surface area is 159 Å². The van der Waals surface area contributed by atoms with E-state index in [0.717, 1.165) is 17.3 Å². The van der Waals surface area contributed by atoms with Crippen LogP contribution in [0.4, 0.5) is 0 Å². The number of thioether (sulfide) groups is 1. The van der Waals surface area contributed by atoms with Gasteiger partial charge in [-0.05, 0) is 5.56 Å². The molecule has 3 N–H and O–H groups in total. The molecule has 11 heteroatoms. The molecule has 0 saturated heterocycles. The molecule has 0 amide bonds. The third-order valence-corrected chi connectivity index (χ3v) is 5.05. The van der Waals surface area contributed by atoms with Crippen LogP contribution < -0.4 is 16.9 Å². The van der Waals surface area contributed by atoms with Gasteiger partial charge in [0, 0.05) is 11.3 Å². The van der Waals surface area contributed by atoms with E-state index in [2.05, 4.69) is 20.1 Å². The zero-order valence-corrected chi connectivity index (χ0v) is 15.1. The summed E-state index contributed by atoms with van der Waals surface area (Å²) in [4.78, 5) is 46.8. The molecule has 1 aromatic carbocycles. The number of hydrogen-bond acceptors (Lipinski definition) is 6. The smallest absolute Gasteiger partial charge is 0.309 e. The highest BCUT2D eigenvalue weighted by molar-refractivity contribution is 7.98. The average molecular weight is 403 g/mol. The summed E-state index contributed by atoms with van der Waals surface area (Å²) in [7, 11) is 0. The van der Waals surface area contributed by atoms with E-state index in [4.69, 9.17) is 11.6 Å². The SMILES string of the molecule is O=c1[nH]c(CSc2nc3c(-c4ccccc4)cnn3c(=O)[nH]2)c(Cl)c(=O)[nH]1. The topological polar surface area (TPSA) is 129 Å². The summed E-state index contributed by atoms with van der Waals surface area (Å²) in [5.74, 6) is 0.145. The minimum atomic E-state index is -0.671. The van der Waals surface area contributed by atoms with Crippen LogP contribution in [0.25, 0.3) is 16.8 Å². The molecule has 3 aromatic heterocycles. The Kier molecular flexibility index (Phi) is 4.42. The summed E-state index contributed by atoms with van der Waals surface area (Å²) >= 11 is 7.04. The Balaban J connectivity index is 1.72. The Morgan fingerprint density at radius 2 is 1.85 bits per heavy atom. The Morgan fingerprint density at radius 3 is 2.63 bits per heavy atom. The molecular weight excluding hydrogens is 392 g/mol. The van der Waals surface area contributed by atoms with Crippen molar-refractivity contribution in [3.05, 3.63) is 78.6 Å². The quantitative estimate of drug-likeness (QED) is 0.442. The summed E-state index contributed by atoms with van der Waals surface area (Å²) in [5, 5.41) is 4.27. The summed E-state index contributed by atoms with van der Waals surface area (Å²) in [6.07, 6.45) is 1.58. The van der Waals surface area contributed by atoms with Crippen molar-refractivity contribution in [2.75, 3.05) is 0 Å². The van der Waals surface area contributed by atoms with Gasteiger partial charge in [-0.2, -0.15) is 9.61 Å². The number of hydrogen-bond donors (Lipinski definition) is 3. The summed E-state index contributed by atoms with van der Waals surface area (Å²) < 4.78 is 1.18. The molecule has 0 aliphatic heterocycles. The Morgan fingerprint density at radius 1 is 1.07 bits per heavy atom. The van der Waals surface area contributed by atoms with Crippen molar-refractivity contribution >= 4 is 29.0 Å². The maximum atomic E-state index is 12.3. The molecule has 4 aromatic rings. The Hall–Kier alpha value is -3.11. The van der Waals surface area contributed by atoms with Crippen molar-refractivity contribution in [3.8, 4) is 11.1 Å². The largest absolute Gasteiger partial charge is 0.350 e. The summed E-state index contributed by atoms with van der Waals surface area (Å²) in [6, 6.07) is 9.45. The zero-order valence-electron chi connectivity index (χ0n) is 13.5. The van der Waals surface area contributed by atoms with Crippen LogP contribution in [0.1, 0.15) is 5.69 Å². The molecule has 0 spiro atoms. The fourth-order valence-electron chi connectivity index (χ4n) is 2.51. The third kappa shape index (κ3) is 3.32. The van der Waals surface area contributed by atoms with Gasteiger partial charge in [0.2, 0.25) is 0 Å². The molecule has 0 fully saturated rings. The maximum absolute atomic E-state index is 12.3. The first-order chi connectivity index (χ1) is 13.0. The predicted octanol–water partition coefficient (Wildman–Crippen LogP) is 1.41. The van der Waals surface area contributed by atoms with Gasteiger partial charge in [0.05, 0.1) is 11.9 Å². The van der Waals surface area contributed by atoms with Gasteiger partial charge < -0.3 is 4.98 Å². The highest BCUT2D eigenvalue weighted by Crippen LogP contribution is 2.24. The number of nitrogens with zero attached hydrogens (tertiary/aromatic N) is 3. The second-order valence-electron chi connectivity index (χ2n) is 5.50. The predicted molar refractivity (Wildman–Crippen MR) is 101 cm³/mol. The highest BCUT2D eigenvalue weighted by Gasteiger charge is 2.13. The van der Waals surface area contributed by atoms with Crippen LogP contribution in [0, 0.1) is 0 Å². The van der Waals surface area contributed by atoms with Crippen molar-refractivity contribution in [2.45, 2.75) is 10.9 Å². The zero-order chi connectivity index (χ0) is 19.0. The lowest BCUT2D eigenvalue weighted by molar-refractivity contribution is 0.786. The number of fused-ring (bicyclic) bond motifs is 1. The molecule has 0 unspecified atom stereocenters. The van der Waals surface area contributed by atoms with Gasteiger partial charge in [-0.1, -0.05) is 53.7 Å². The molecule has 27 heavy (non-hydrogen) atoms. The van der Waals surface area contributed by atoms with Crippen molar-refractivity contribution in [3.63, 3.8) is 0 Å². The highest BCUT2D eigenvalue weighted by atomic mass is 35.5. The van der Waals surface area contributed by atoms with E-state index in [-0.39, 0.29) is 16.5 Å². The molecule has 0 aliphatic rings. The van der Waals surface area contributed by atoms with E-state index < -0.39 is 16.9 Å². The molecule has 0 atom stereocenters. The number of aromatic amines is 3. The monoisotopic (exact) mass is 402 g/mol. The minimum absolute atomic E-state index is 0.111. The molecule has 4 rings (SSSR count). The standard InChI is InChI=1S/C16H11ClN6O3S/c17-11-10(19-14(25)21-13(11)24)7-27-15-20-12-9(8-4-2-1-3-5-8)6-18-23(12)16(26)22-15/h1-6H,7H2,(H,20,22,26)(H2,19,21,24,25). The first kappa shape index (κ1) is 17.3. The first-order valence-electron chi connectivity index (χ1n) is 7.70. The van der Waals surface area contributed by atoms with E-state index in [0.29, 0.717) is 16.4 Å². The average Bonchev–Trinajstić information content (AvgIpc) is 3.09. The second kappa shape index (κ2) is 6.89. The number of aromatic nitrogens is 6. The van der Waals surface area contributed by atoms with Crippen molar-refractivity contribution in [1.82, 2.24) is 29.5 Å². The van der Waals surface area contributed by atoms with Crippen LogP contribution in [0.5, 0.6) is 0 Å². The van der Waals surface area contributed by atoms with Gasteiger partial charge in [-0.15, -0.1) is 0 Å². The van der Waals surface area contributed by atoms with Crippen LogP contribution in [0.2, 0.25) is 5.02 Å². The molecule has 9 nitrogen and oxygen atoms in total. The van der Waals surface area contributed by atoms with E-state index >= 15 is 0 Å². The summed E-state index contributed by atoms with van der Waals surface area (Å²) in [6.45, 7) is 0. The molecule has 0 saturated carbocycles. The number of benzene rings is 1. The lowest BCUT2D eigenvalue weighted by Gasteiger charge is -2.04. The van der Waals surface area contributed by atoms with Crippen LogP contribution in [-0.2, 0) is 5.75 Å². The molecule has 0 aliphatic carbocycles. The lowest BCUT2D eigenvalue weighted by atomic mass is 10.1. The van der Waals surface area contributed by atoms with E-state index in [9.17, 15) is 14.4 Å². The molecular formula is C16H11ClN6O3S.